The van der Waals surface area contributed by atoms with Crippen LogP contribution >= 0.6 is 0 Å². The molecule has 0 aromatic rings. The molecule has 0 saturated carbocycles. The lowest BCUT2D eigenvalue weighted by Gasteiger charge is -2.24. The van der Waals surface area contributed by atoms with Gasteiger partial charge in [0.1, 0.15) is 0 Å². The van der Waals surface area contributed by atoms with E-state index in [1.807, 2.05) is 130 Å². The lowest BCUT2D eigenvalue weighted by atomic mass is 10.0. The number of hydrogen-bond donors (Lipinski definition) is 1. The molecule has 1 unspecified atom stereocenters. The Morgan fingerprint density at radius 2 is 0.911 bits per heavy atom. The highest BCUT2D eigenvalue weighted by molar-refractivity contribution is 5.00. The second-order valence-electron chi connectivity index (χ2n) is 8.98. The lowest BCUT2D eigenvalue weighted by Crippen LogP contribution is -2.23. The number of ether oxygens (including phenoxy) is 1. The van der Waals surface area contributed by atoms with Gasteiger partial charge >= 0.3 is 0 Å². The minimum Gasteiger partial charge on any atom is -0.393 e. The minimum atomic E-state index is -0.102. The lowest BCUT2D eigenvalue weighted by molar-refractivity contribution is -0.0185. The molecule has 1 N–H and O–H groups in total. The van der Waals surface area contributed by atoms with E-state index in [4.69, 9.17) is 9.84 Å². The van der Waals surface area contributed by atoms with Crippen molar-refractivity contribution in [1.82, 2.24) is 0 Å². The average Bonchev–Trinajstić information content (AvgIpc) is 3.08. The number of aliphatic hydroxyl groups excluding tert-OH is 1. The molecule has 0 aliphatic heterocycles. The second kappa shape index (κ2) is 112. The Bertz CT molecular complexity index is 334. The van der Waals surface area contributed by atoms with Crippen molar-refractivity contribution in [3.8, 4) is 0 Å². The third kappa shape index (κ3) is 198. The molecule has 0 amide bonds. The van der Waals surface area contributed by atoms with E-state index in [0.29, 0.717) is 0 Å². The van der Waals surface area contributed by atoms with Crippen molar-refractivity contribution >= 4 is 0 Å². The molecule has 0 aliphatic rings. The summed E-state index contributed by atoms with van der Waals surface area (Å²) in [5.74, 6) is 0.746. The first-order valence-corrected chi connectivity index (χ1v) is 20.0. The summed E-state index contributed by atoms with van der Waals surface area (Å²) in [5.41, 5.74) is 1.56. The van der Waals surface area contributed by atoms with Crippen molar-refractivity contribution in [2.24, 2.45) is 5.92 Å². The van der Waals surface area contributed by atoms with Crippen LogP contribution in [0.2, 0.25) is 0 Å². The van der Waals surface area contributed by atoms with Crippen molar-refractivity contribution in [1.29, 1.82) is 0 Å². The molecular weight excluding hydrogens is 548 g/mol. The molecule has 0 bridgehead atoms. The summed E-state index contributed by atoms with van der Waals surface area (Å²) < 4.78 is 5.85. The summed E-state index contributed by atoms with van der Waals surface area (Å²) in [6, 6.07) is 0. The summed E-state index contributed by atoms with van der Waals surface area (Å²) in [6.45, 7) is 58.4. The molecule has 45 heavy (non-hydrogen) atoms. The van der Waals surface area contributed by atoms with Gasteiger partial charge in [-0.05, 0) is 73.1 Å². The fraction of sp³-hybridized carbons (Fsp3) is 0.907. The highest BCUT2D eigenvalue weighted by Crippen LogP contribution is 2.18. The first-order valence-electron chi connectivity index (χ1n) is 20.0. The van der Waals surface area contributed by atoms with Gasteiger partial charge in [-0.1, -0.05) is 195 Å². The Kier molecular flexibility index (Phi) is 198. The first-order chi connectivity index (χ1) is 21.4. The Morgan fingerprint density at radius 1 is 0.622 bits per heavy atom. The molecule has 0 radical (unpaired) electrons. The third-order valence-electron chi connectivity index (χ3n) is 3.89. The number of allylic oxidation sites excluding steroid dienone is 3. The molecule has 0 aromatic heterocycles. The van der Waals surface area contributed by atoms with Crippen LogP contribution < -0.4 is 0 Å². The zero-order valence-electron chi connectivity index (χ0n) is 38.4. The SMILES string of the molecule is C/C=C/C.CC.CC.CC.CC.CC.CC.CC.CC=C(CCOC(C)(C)CC)CC(C)C.CCC.CCC.CCCC(C)O. The van der Waals surface area contributed by atoms with E-state index in [2.05, 4.69) is 82.2 Å². The molecule has 0 rings (SSSR count). The Morgan fingerprint density at radius 3 is 1.04 bits per heavy atom. The van der Waals surface area contributed by atoms with Crippen molar-refractivity contribution in [2.75, 3.05) is 6.61 Å². The van der Waals surface area contributed by atoms with E-state index in [1.165, 1.54) is 24.8 Å². The molecule has 0 heterocycles. The summed E-state index contributed by atoms with van der Waals surface area (Å²) >= 11 is 0. The number of hydrogen-bond acceptors (Lipinski definition) is 2. The maximum absolute atomic E-state index is 8.55. The monoisotopic (exact) mass is 655 g/mol. The van der Waals surface area contributed by atoms with E-state index in [-0.39, 0.29) is 11.7 Å². The quantitative estimate of drug-likeness (QED) is 0.251. The van der Waals surface area contributed by atoms with E-state index in [1.54, 1.807) is 0 Å². The van der Waals surface area contributed by atoms with Crippen molar-refractivity contribution in [2.45, 2.75) is 251 Å². The molecule has 0 fully saturated rings. The molecular formula is C43H106O2. The Labute approximate surface area is 296 Å². The summed E-state index contributed by atoms with van der Waals surface area (Å²) in [7, 11) is 0. The molecule has 0 aromatic carbocycles. The maximum atomic E-state index is 8.55. The molecule has 1 atom stereocenters. The van der Waals surface area contributed by atoms with Gasteiger partial charge < -0.3 is 9.84 Å². The van der Waals surface area contributed by atoms with Gasteiger partial charge in [0.15, 0.2) is 0 Å². The van der Waals surface area contributed by atoms with Gasteiger partial charge in [0.05, 0.1) is 18.3 Å². The first kappa shape index (κ1) is 79.7. The predicted molar refractivity (Wildman–Crippen MR) is 227 cm³/mol. The third-order valence-corrected chi connectivity index (χ3v) is 3.89. The fourth-order valence-electron chi connectivity index (χ4n) is 1.87. The van der Waals surface area contributed by atoms with Crippen LogP contribution in [0.4, 0.5) is 0 Å². The normalized spacial score (nSPS) is 9.07. The standard InChI is InChI=1S/C14H28O.C5H12O.C4H8.2C3H8.7C2H6/c1-7-13(11-12(3)4)9-10-15-14(5,6)8-2;1-3-4-5(2)6;1-3-4-2;2*1-3-2;7*1-2/h7,12H,8-11H2,1-6H3;5-6H,3-4H2,1-2H3;3-4H,1-2H3;2*3H2,1-2H3;7*1-2H3/b;;4-3+;;;;;;;;;. The van der Waals surface area contributed by atoms with Gasteiger partial charge in [-0.2, -0.15) is 0 Å². The Balaban J connectivity index is -0.0000000306. The smallest absolute Gasteiger partial charge is 0.0624 e. The number of rotatable bonds is 9. The highest BCUT2D eigenvalue weighted by atomic mass is 16.5. The molecule has 2 heteroatoms. The fourth-order valence-corrected chi connectivity index (χ4v) is 1.87. The van der Waals surface area contributed by atoms with E-state index in [9.17, 15) is 0 Å². The minimum absolute atomic E-state index is 0.0384. The predicted octanol–water partition coefficient (Wildman–Crippen LogP) is 17.3. The maximum Gasteiger partial charge on any atom is 0.0624 e. The van der Waals surface area contributed by atoms with Crippen LogP contribution in [0.3, 0.4) is 0 Å². The van der Waals surface area contributed by atoms with Crippen LogP contribution in [0.1, 0.15) is 239 Å². The van der Waals surface area contributed by atoms with Crippen LogP contribution in [-0.2, 0) is 4.74 Å². The topological polar surface area (TPSA) is 29.5 Å². The van der Waals surface area contributed by atoms with Crippen LogP contribution in [0.25, 0.3) is 0 Å². The van der Waals surface area contributed by atoms with Gasteiger partial charge in [-0.25, -0.2) is 0 Å². The van der Waals surface area contributed by atoms with Gasteiger partial charge in [0.2, 0.25) is 0 Å². The van der Waals surface area contributed by atoms with Crippen molar-refractivity contribution in [3.63, 3.8) is 0 Å². The summed E-state index contributed by atoms with van der Waals surface area (Å²) in [5, 5.41) is 8.55. The van der Waals surface area contributed by atoms with Crippen LogP contribution in [0.15, 0.2) is 23.8 Å². The summed E-state index contributed by atoms with van der Waals surface area (Å²) in [4.78, 5) is 0. The largest absolute Gasteiger partial charge is 0.393 e. The van der Waals surface area contributed by atoms with Crippen LogP contribution in [0.5, 0.6) is 0 Å². The van der Waals surface area contributed by atoms with E-state index < -0.39 is 0 Å². The van der Waals surface area contributed by atoms with E-state index in [0.717, 1.165) is 38.2 Å². The van der Waals surface area contributed by atoms with Crippen molar-refractivity contribution < 1.29 is 9.84 Å². The summed E-state index contributed by atoms with van der Waals surface area (Å²) in [6.07, 6.45) is 14.0. The second-order valence-corrected chi connectivity index (χ2v) is 8.98. The zero-order valence-corrected chi connectivity index (χ0v) is 38.4. The molecule has 0 aliphatic carbocycles. The van der Waals surface area contributed by atoms with Crippen LogP contribution in [0, 0.1) is 5.92 Å². The molecule has 2 nitrogen and oxygen atoms in total. The highest BCUT2D eigenvalue weighted by Gasteiger charge is 2.14. The molecule has 0 saturated heterocycles. The number of aliphatic hydroxyl groups is 1. The molecule has 0 spiro atoms. The average molecular weight is 655 g/mol. The van der Waals surface area contributed by atoms with Gasteiger partial charge in [-0.3, -0.25) is 0 Å². The van der Waals surface area contributed by atoms with Gasteiger partial charge in [-0.15, -0.1) is 0 Å². The zero-order chi connectivity index (χ0) is 39.7. The van der Waals surface area contributed by atoms with Gasteiger partial charge in [0, 0.05) is 0 Å². The van der Waals surface area contributed by atoms with Crippen molar-refractivity contribution in [3.05, 3.63) is 23.8 Å². The van der Waals surface area contributed by atoms with Gasteiger partial charge in [0.25, 0.3) is 0 Å². The van der Waals surface area contributed by atoms with E-state index >= 15 is 0 Å². The molecule has 290 valence electrons. The Hall–Kier alpha value is -0.600. The van der Waals surface area contributed by atoms with Crippen LogP contribution in [-0.4, -0.2) is 23.4 Å².